The van der Waals surface area contributed by atoms with Crippen molar-refractivity contribution in [2.75, 3.05) is 0 Å². The molecule has 0 saturated heterocycles. The SMILES string of the molecule is C=CC(=O)N(Cc1cnn(C2CCC2)c1)C1CCCc2occc21. The minimum absolute atomic E-state index is 0.0366. The van der Waals surface area contributed by atoms with Crippen LogP contribution >= 0.6 is 0 Å². The van der Waals surface area contributed by atoms with Crippen molar-refractivity contribution in [1.29, 1.82) is 0 Å². The Morgan fingerprint density at radius 1 is 1.42 bits per heavy atom. The van der Waals surface area contributed by atoms with Gasteiger partial charge < -0.3 is 9.32 Å². The lowest BCUT2D eigenvalue weighted by atomic mass is 9.91. The van der Waals surface area contributed by atoms with E-state index in [0.717, 1.165) is 36.1 Å². The Kier molecular flexibility index (Phi) is 4.00. The number of furan rings is 1. The van der Waals surface area contributed by atoms with E-state index >= 15 is 0 Å². The first-order chi connectivity index (χ1) is 11.8. The molecule has 1 amide bonds. The zero-order chi connectivity index (χ0) is 16.5. The molecule has 4 rings (SSSR count). The minimum Gasteiger partial charge on any atom is -0.469 e. The maximum Gasteiger partial charge on any atom is 0.246 e. The molecule has 0 N–H and O–H groups in total. The molecule has 0 aliphatic heterocycles. The van der Waals surface area contributed by atoms with Crippen molar-refractivity contribution in [2.24, 2.45) is 0 Å². The maximum absolute atomic E-state index is 12.5. The maximum atomic E-state index is 12.5. The van der Waals surface area contributed by atoms with E-state index in [1.165, 1.54) is 25.3 Å². The van der Waals surface area contributed by atoms with Gasteiger partial charge in [-0.05, 0) is 44.2 Å². The third kappa shape index (κ3) is 2.68. The Morgan fingerprint density at radius 2 is 2.29 bits per heavy atom. The molecule has 0 aromatic carbocycles. The summed E-state index contributed by atoms with van der Waals surface area (Å²) in [5.41, 5.74) is 2.22. The number of amides is 1. The molecule has 0 radical (unpaired) electrons. The first-order valence-corrected chi connectivity index (χ1v) is 8.78. The number of hydrogen-bond acceptors (Lipinski definition) is 3. The number of rotatable bonds is 5. The van der Waals surface area contributed by atoms with E-state index in [1.54, 1.807) is 6.26 Å². The monoisotopic (exact) mass is 325 g/mol. The van der Waals surface area contributed by atoms with Gasteiger partial charge in [-0.3, -0.25) is 9.48 Å². The highest BCUT2D eigenvalue weighted by atomic mass is 16.3. The number of carbonyl (C=O) groups is 1. The molecule has 0 bridgehead atoms. The standard InChI is InChI=1S/C19H23N3O2/c1-2-19(23)21(17-7-4-8-18-16(17)9-10-24-18)12-14-11-20-22(13-14)15-5-3-6-15/h2,9-11,13,15,17H,1,3-8,12H2. The van der Waals surface area contributed by atoms with Crippen molar-refractivity contribution in [1.82, 2.24) is 14.7 Å². The summed E-state index contributed by atoms with van der Waals surface area (Å²) in [4.78, 5) is 14.4. The van der Waals surface area contributed by atoms with Crippen LogP contribution in [0.4, 0.5) is 0 Å². The van der Waals surface area contributed by atoms with E-state index in [1.807, 2.05) is 17.2 Å². The molecule has 1 unspecified atom stereocenters. The summed E-state index contributed by atoms with van der Waals surface area (Å²) >= 11 is 0. The summed E-state index contributed by atoms with van der Waals surface area (Å²) in [6.45, 7) is 4.24. The Balaban J connectivity index is 1.57. The van der Waals surface area contributed by atoms with Crippen LogP contribution < -0.4 is 0 Å². The molecule has 126 valence electrons. The second-order valence-electron chi connectivity index (χ2n) is 6.79. The van der Waals surface area contributed by atoms with Crippen LogP contribution in [0.1, 0.15) is 61.1 Å². The first kappa shape index (κ1) is 15.2. The van der Waals surface area contributed by atoms with Crippen molar-refractivity contribution in [2.45, 2.75) is 57.2 Å². The fourth-order valence-electron chi connectivity index (χ4n) is 3.75. The zero-order valence-corrected chi connectivity index (χ0v) is 13.9. The van der Waals surface area contributed by atoms with Gasteiger partial charge in [-0.25, -0.2) is 0 Å². The summed E-state index contributed by atoms with van der Waals surface area (Å²) in [6.07, 6.45) is 13.8. The van der Waals surface area contributed by atoms with Crippen molar-refractivity contribution in [3.63, 3.8) is 0 Å². The van der Waals surface area contributed by atoms with Crippen LogP contribution in [-0.2, 0) is 17.8 Å². The van der Waals surface area contributed by atoms with Gasteiger partial charge >= 0.3 is 0 Å². The van der Waals surface area contributed by atoms with Gasteiger partial charge in [-0.1, -0.05) is 6.58 Å². The van der Waals surface area contributed by atoms with Gasteiger partial charge in [0.05, 0.1) is 24.5 Å². The highest BCUT2D eigenvalue weighted by Crippen LogP contribution is 2.36. The molecule has 24 heavy (non-hydrogen) atoms. The largest absolute Gasteiger partial charge is 0.469 e. The number of aryl methyl sites for hydroxylation is 1. The van der Waals surface area contributed by atoms with Crippen LogP contribution in [0.15, 0.2) is 41.8 Å². The normalized spacial score (nSPS) is 20.2. The van der Waals surface area contributed by atoms with Crippen molar-refractivity contribution >= 4 is 5.91 Å². The Labute approximate surface area is 141 Å². The molecule has 2 aromatic heterocycles. The van der Waals surface area contributed by atoms with Gasteiger partial charge in [-0.2, -0.15) is 5.10 Å². The van der Waals surface area contributed by atoms with E-state index in [4.69, 9.17) is 4.42 Å². The molecule has 1 saturated carbocycles. The molecule has 1 atom stereocenters. The highest BCUT2D eigenvalue weighted by molar-refractivity contribution is 5.87. The van der Waals surface area contributed by atoms with E-state index in [9.17, 15) is 4.79 Å². The lowest BCUT2D eigenvalue weighted by molar-refractivity contribution is -0.129. The van der Waals surface area contributed by atoms with Gasteiger partial charge in [0.25, 0.3) is 0 Å². The van der Waals surface area contributed by atoms with E-state index in [0.29, 0.717) is 12.6 Å². The second-order valence-corrected chi connectivity index (χ2v) is 6.79. The highest BCUT2D eigenvalue weighted by Gasteiger charge is 2.30. The average Bonchev–Trinajstić information content (AvgIpc) is 3.19. The molecule has 2 heterocycles. The molecule has 2 aromatic rings. The van der Waals surface area contributed by atoms with Crippen molar-refractivity contribution in [3.8, 4) is 0 Å². The summed E-state index contributed by atoms with van der Waals surface area (Å²) in [6, 6.07) is 2.60. The quantitative estimate of drug-likeness (QED) is 0.786. The number of aromatic nitrogens is 2. The van der Waals surface area contributed by atoms with Crippen LogP contribution in [0.3, 0.4) is 0 Å². The lowest BCUT2D eigenvalue weighted by Crippen LogP contribution is -2.34. The molecule has 2 aliphatic rings. The van der Waals surface area contributed by atoms with E-state index in [-0.39, 0.29) is 11.9 Å². The van der Waals surface area contributed by atoms with Crippen LogP contribution in [0.5, 0.6) is 0 Å². The molecule has 5 nitrogen and oxygen atoms in total. The van der Waals surface area contributed by atoms with Gasteiger partial charge in [0.2, 0.25) is 5.91 Å². The minimum atomic E-state index is -0.0366. The van der Waals surface area contributed by atoms with Crippen molar-refractivity contribution in [3.05, 3.63) is 54.3 Å². The third-order valence-electron chi connectivity index (χ3n) is 5.31. The van der Waals surface area contributed by atoms with Crippen LogP contribution in [-0.4, -0.2) is 20.6 Å². The van der Waals surface area contributed by atoms with Gasteiger partial charge in [0.1, 0.15) is 5.76 Å². The predicted molar refractivity (Wildman–Crippen MR) is 90.2 cm³/mol. The Morgan fingerprint density at radius 3 is 3.04 bits per heavy atom. The number of nitrogens with zero attached hydrogens (tertiary/aromatic N) is 3. The summed E-state index contributed by atoms with van der Waals surface area (Å²) in [5.74, 6) is 0.976. The van der Waals surface area contributed by atoms with E-state index < -0.39 is 0 Å². The van der Waals surface area contributed by atoms with Gasteiger partial charge in [0.15, 0.2) is 0 Å². The summed E-state index contributed by atoms with van der Waals surface area (Å²) in [5, 5.41) is 4.49. The van der Waals surface area contributed by atoms with Gasteiger partial charge in [-0.15, -0.1) is 0 Å². The van der Waals surface area contributed by atoms with Crippen molar-refractivity contribution < 1.29 is 9.21 Å². The summed E-state index contributed by atoms with van der Waals surface area (Å²) in [7, 11) is 0. The summed E-state index contributed by atoms with van der Waals surface area (Å²) < 4.78 is 7.63. The zero-order valence-electron chi connectivity index (χ0n) is 13.9. The predicted octanol–water partition coefficient (Wildman–Crippen LogP) is 3.79. The smallest absolute Gasteiger partial charge is 0.246 e. The van der Waals surface area contributed by atoms with E-state index in [2.05, 4.69) is 22.6 Å². The van der Waals surface area contributed by atoms with Gasteiger partial charge in [0, 0.05) is 30.3 Å². The number of carbonyl (C=O) groups excluding carboxylic acids is 1. The molecular weight excluding hydrogens is 302 g/mol. The Bertz CT molecular complexity index is 741. The average molecular weight is 325 g/mol. The van der Waals surface area contributed by atoms with Crippen LogP contribution in [0.2, 0.25) is 0 Å². The fourth-order valence-corrected chi connectivity index (χ4v) is 3.75. The molecular formula is C19H23N3O2. The third-order valence-corrected chi connectivity index (χ3v) is 5.31. The molecule has 2 aliphatic carbocycles. The van der Waals surface area contributed by atoms with Crippen LogP contribution in [0, 0.1) is 0 Å². The Hall–Kier alpha value is -2.30. The molecule has 1 fully saturated rings. The molecule has 0 spiro atoms. The number of hydrogen-bond donors (Lipinski definition) is 0. The topological polar surface area (TPSA) is 51.3 Å². The fraction of sp³-hybridized carbons (Fsp3) is 0.474. The van der Waals surface area contributed by atoms with Crippen LogP contribution in [0.25, 0.3) is 0 Å². The second kappa shape index (κ2) is 6.30. The number of fused-ring (bicyclic) bond motifs is 1. The molecule has 5 heteroatoms. The lowest BCUT2D eigenvalue weighted by Gasteiger charge is -2.33. The first-order valence-electron chi connectivity index (χ1n) is 8.78.